The Labute approximate surface area is 96.2 Å². The molecule has 0 saturated carbocycles. The molecule has 0 radical (unpaired) electrons. The van der Waals surface area contributed by atoms with Crippen LogP contribution in [0.5, 0.6) is 0 Å². The molecule has 4 N–H and O–H groups in total. The number of hydrogen-bond donors (Lipinski definition) is 4. The summed E-state index contributed by atoms with van der Waals surface area (Å²) in [6.07, 6.45) is -1.57. The maximum Gasteiger partial charge on any atom is 0.411 e. The zero-order valence-electron chi connectivity index (χ0n) is 8.17. The molecule has 16 heavy (non-hydrogen) atoms. The van der Waals surface area contributed by atoms with Crippen LogP contribution in [-0.2, 0) is 14.4 Å². The van der Waals surface area contributed by atoms with Crippen molar-refractivity contribution in [3.05, 3.63) is 0 Å². The van der Waals surface area contributed by atoms with Crippen LogP contribution in [0, 0.1) is 0 Å². The second-order valence-corrected chi connectivity index (χ2v) is 2.91. The Kier molecular flexibility index (Phi) is 6.11. The number of rotatable bonds is 4. The number of carbonyl (C=O) groups is 4. The van der Waals surface area contributed by atoms with Gasteiger partial charge in [-0.25, -0.2) is 4.79 Å². The highest BCUT2D eigenvalue weighted by Crippen LogP contribution is 1.93. The van der Waals surface area contributed by atoms with E-state index in [0.29, 0.717) is 4.90 Å². The minimum absolute atomic E-state index is 0.286. The SMILES string of the molecule is NCC(=O)N(CC(=O)NC(=O)O)C(=O)CS. The minimum Gasteiger partial charge on any atom is -0.465 e. The van der Waals surface area contributed by atoms with E-state index in [1.54, 1.807) is 0 Å². The fourth-order valence-electron chi connectivity index (χ4n) is 0.813. The van der Waals surface area contributed by atoms with Gasteiger partial charge in [0, 0.05) is 0 Å². The first-order valence-corrected chi connectivity index (χ1v) is 4.72. The number of nitrogens with two attached hydrogens (primary N) is 1. The number of amides is 4. The van der Waals surface area contributed by atoms with Gasteiger partial charge in [0.2, 0.25) is 17.7 Å². The van der Waals surface area contributed by atoms with E-state index < -0.39 is 36.9 Å². The highest BCUT2D eigenvalue weighted by Gasteiger charge is 2.22. The van der Waals surface area contributed by atoms with Crippen LogP contribution in [-0.4, -0.2) is 52.7 Å². The molecule has 9 heteroatoms. The van der Waals surface area contributed by atoms with Crippen molar-refractivity contribution in [3.8, 4) is 0 Å². The fraction of sp³-hybridized carbons (Fsp3) is 0.429. The van der Waals surface area contributed by atoms with E-state index in [0.717, 1.165) is 0 Å². The molecule has 0 heterocycles. The van der Waals surface area contributed by atoms with Crippen molar-refractivity contribution < 1.29 is 24.3 Å². The molecule has 0 atom stereocenters. The van der Waals surface area contributed by atoms with Crippen molar-refractivity contribution in [1.82, 2.24) is 10.2 Å². The molecule has 0 bridgehead atoms. The van der Waals surface area contributed by atoms with Crippen molar-refractivity contribution in [2.75, 3.05) is 18.8 Å². The van der Waals surface area contributed by atoms with Crippen LogP contribution < -0.4 is 11.1 Å². The third kappa shape index (κ3) is 4.75. The summed E-state index contributed by atoms with van der Waals surface area (Å²) in [5.74, 6) is -2.78. The molecule has 0 aromatic rings. The van der Waals surface area contributed by atoms with Crippen molar-refractivity contribution >= 4 is 36.4 Å². The molecule has 0 aromatic carbocycles. The summed E-state index contributed by atoms with van der Waals surface area (Å²) in [6.45, 7) is -1.15. The third-order valence-corrected chi connectivity index (χ3v) is 1.73. The lowest BCUT2D eigenvalue weighted by molar-refractivity contribution is -0.145. The van der Waals surface area contributed by atoms with Crippen molar-refractivity contribution in [2.24, 2.45) is 5.73 Å². The normalized spacial score (nSPS) is 9.38. The largest absolute Gasteiger partial charge is 0.465 e. The van der Waals surface area contributed by atoms with E-state index in [1.807, 2.05) is 0 Å². The second-order valence-electron chi connectivity index (χ2n) is 2.59. The summed E-state index contributed by atoms with van der Waals surface area (Å²) in [4.78, 5) is 44.0. The Morgan fingerprint density at radius 2 is 1.81 bits per heavy atom. The molecule has 0 aliphatic rings. The highest BCUT2D eigenvalue weighted by atomic mass is 32.1. The van der Waals surface area contributed by atoms with Gasteiger partial charge in [0.05, 0.1) is 12.3 Å². The molecule has 0 aliphatic carbocycles. The monoisotopic (exact) mass is 249 g/mol. The Balaban J connectivity index is 4.55. The van der Waals surface area contributed by atoms with Gasteiger partial charge < -0.3 is 10.8 Å². The Bertz CT molecular complexity index is 303. The molecule has 0 aliphatic heterocycles. The third-order valence-electron chi connectivity index (χ3n) is 1.46. The van der Waals surface area contributed by atoms with E-state index in [-0.39, 0.29) is 5.75 Å². The number of nitrogens with one attached hydrogen (secondary N) is 1. The maximum atomic E-state index is 11.2. The number of thiol groups is 1. The van der Waals surface area contributed by atoms with Crippen molar-refractivity contribution in [2.45, 2.75) is 0 Å². The van der Waals surface area contributed by atoms with E-state index >= 15 is 0 Å². The van der Waals surface area contributed by atoms with Crippen LogP contribution >= 0.6 is 12.6 Å². The van der Waals surface area contributed by atoms with Gasteiger partial charge in [0.1, 0.15) is 6.54 Å². The molecule has 8 nitrogen and oxygen atoms in total. The molecular weight excluding hydrogens is 238 g/mol. The Hall–Kier alpha value is -1.61. The summed E-state index contributed by atoms with van der Waals surface area (Å²) in [5, 5.41) is 9.73. The number of carbonyl (C=O) groups excluding carboxylic acids is 3. The molecule has 90 valence electrons. The Morgan fingerprint density at radius 3 is 2.19 bits per heavy atom. The number of nitrogens with zero attached hydrogens (tertiary/aromatic N) is 1. The van der Waals surface area contributed by atoms with Crippen LogP contribution in [0.4, 0.5) is 4.79 Å². The molecule has 0 spiro atoms. The first-order chi connectivity index (χ1) is 7.42. The van der Waals surface area contributed by atoms with Crippen molar-refractivity contribution in [3.63, 3.8) is 0 Å². The van der Waals surface area contributed by atoms with Crippen LogP contribution in [0.15, 0.2) is 0 Å². The zero-order valence-corrected chi connectivity index (χ0v) is 9.07. The van der Waals surface area contributed by atoms with Gasteiger partial charge in [-0.05, 0) is 0 Å². The van der Waals surface area contributed by atoms with E-state index in [2.05, 4.69) is 12.6 Å². The lowest BCUT2D eigenvalue weighted by atomic mass is 10.4. The number of imide groups is 2. The van der Waals surface area contributed by atoms with E-state index in [4.69, 9.17) is 10.8 Å². The van der Waals surface area contributed by atoms with Gasteiger partial charge in [-0.3, -0.25) is 24.6 Å². The standard InChI is InChI=1S/C7H11N3O5S/c8-1-5(12)10(6(13)3-16)2-4(11)9-7(14)15/h16H,1-3,8H2,(H,9,11)(H,14,15). The number of carboxylic acid groups (broad SMARTS) is 1. The predicted octanol–water partition coefficient (Wildman–Crippen LogP) is -1.98. The first-order valence-electron chi connectivity index (χ1n) is 4.09. The predicted molar refractivity (Wildman–Crippen MR) is 55.8 cm³/mol. The Morgan fingerprint density at radius 1 is 1.25 bits per heavy atom. The molecule has 4 amide bonds. The summed E-state index contributed by atoms with van der Waals surface area (Å²) in [7, 11) is 0. The quantitative estimate of drug-likeness (QED) is 0.427. The van der Waals surface area contributed by atoms with Crippen molar-refractivity contribution in [1.29, 1.82) is 0 Å². The van der Waals surface area contributed by atoms with Gasteiger partial charge in [0.15, 0.2) is 0 Å². The average Bonchev–Trinajstić information content (AvgIpc) is 2.22. The van der Waals surface area contributed by atoms with Gasteiger partial charge in [-0.2, -0.15) is 12.6 Å². The molecule has 0 saturated heterocycles. The van der Waals surface area contributed by atoms with Crippen LogP contribution in [0.3, 0.4) is 0 Å². The minimum atomic E-state index is -1.57. The fourth-order valence-corrected chi connectivity index (χ4v) is 0.984. The maximum absolute atomic E-state index is 11.2. The molecule has 0 fully saturated rings. The van der Waals surface area contributed by atoms with E-state index in [1.165, 1.54) is 5.32 Å². The average molecular weight is 249 g/mol. The van der Waals surface area contributed by atoms with Gasteiger partial charge in [-0.1, -0.05) is 0 Å². The lowest BCUT2D eigenvalue weighted by Crippen LogP contribution is -2.47. The second kappa shape index (κ2) is 6.80. The summed E-state index contributed by atoms with van der Waals surface area (Å²) in [5.41, 5.74) is 5.03. The topological polar surface area (TPSA) is 130 Å². The lowest BCUT2D eigenvalue weighted by Gasteiger charge is -2.17. The van der Waals surface area contributed by atoms with Gasteiger partial charge in [0.25, 0.3) is 0 Å². The van der Waals surface area contributed by atoms with Gasteiger partial charge >= 0.3 is 6.09 Å². The first kappa shape index (κ1) is 14.4. The van der Waals surface area contributed by atoms with Crippen LogP contribution in [0.25, 0.3) is 0 Å². The van der Waals surface area contributed by atoms with Crippen LogP contribution in [0.1, 0.15) is 0 Å². The molecule has 0 unspecified atom stereocenters. The smallest absolute Gasteiger partial charge is 0.411 e. The number of hydrogen-bond acceptors (Lipinski definition) is 6. The zero-order chi connectivity index (χ0) is 12.7. The van der Waals surface area contributed by atoms with Crippen LogP contribution in [0.2, 0.25) is 0 Å². The molecule has 0 aromatic heterocycles. The molecular formula is C7H11N3O5S. The van der Waals surface area contributed by atoms with E-state index in [9.17, 15) is 19.2 Å². The summed E-state index contributed by atoms with van der Waals surface area (Å²) in [6, 6.07) is 0. The summed E-state index contributed by atoms with van der Waals surface area (Å²) < 4.78 is 0. The summed E-state index contributed by atoms with van der Waals surface area (Å²) >= 11 is 3.65. The highest BCUT2D eigenvalue weighted by molar-refractivity contribution is 7.81. The molecule has 0 rings (SSSR count). The van der Waals surface area contributed by atoms with Gasteiger partial charge in [-0.15, -0.1) is 0 Å².